The van der Waals surface area contributed by atoms with Crippen LogP contribution in [0.25, 0.3) is 0 Å². The van der Waals surface area contributed by atoms with Gasteiger partial charge in [0, 0.05) is 25.7 Å². The van der Waals surface area contributed by atoms with Gasteiger partial charge in [0.2, 0.25) is 5.91 Å². The highest BCUT2D eigenvalue weighted by molar-refractivity contribution is 6.03. The molecule has 0 rings (SSSR count). The molecule has 0 spiro atoms. The summed E-state index contributed by atoms with van der Waals surface area (Å²) in [6, 6.07) is 0. The second-order valence-electron chi connectivity index (χ2n) is 2.51. The van der Waals surface area contributed by atoms with E-state index in [1.54, 1.807) is 14.0 Å². The second kappa shape index (κ2) is 4.49. The zero-order valence-corrected chi connectivity index (χ0v) is 7.63. The molecule has 0 saturated carbocycles. The van der Waals surface area contributed by atoms with Crippen molar-refractivity contribution in [3.05, 3.63) is 24.4 Å². The van der Waals surface area contributed by atoms with Crippen molar-refractivity contribution in [2.24, 2.45) is 0 Å². The topological polar surface area (TPSA) is 37.4 Å². The van der Waals surface area contributed by atoms with Crippen LogP contribution in [-0.2, 0) is 9.59 Å². The van der Waals surface area contributed by atoms with E-state index >= 15 is 0 Å². The zero-order chi connectivity index (χ0) is 9.72. The van der Waals surface area contributed by atoms with E-state index in [1.165, 1.54) is 24.1 Å². The fraction of sp³-hybridized carbons (Fsp3) is 0.333. The van der Waals surface area contributed by atoms with Crippen molar-refractivity contribution >= 4 is 11.7 Å². The average Bonchev–Trinajstić information content (AvgIpc) is 2.02. The molecule has 66 valence electrons. The molecule has 0 aromatic heterocycles. The van der Waals surface area contributed by atoms with Crippen LogP contribution in [0, 0.1) is 0 Å². The molecule has 0 bridgehead atoms. The quantitative estimate of drug-likeness (QED) is 0.591. The van der Waals surface area contributed by atoms with Gasteiger partial charge in [-0.05, 0) is 13.0 Å². The predicted molar refractivity (Wildman–Crippen MR) is 47.4 cm³/mol. The number of ketones is 1. The molecule has 3 nitrogen and oxygen atoms in total. The molecule has 0 aliphatic carbocycles. The molecule has 0 heterocycles. The Kier molecular flexibility index (Phi) is 3.97. The Morgan fingerprint density at radius 2 is 1.83 bits per heavy atom. The van der Waals surface area contributed by atoms with Gasteiger partial charge in [0.25, 0.3) is 0 Å². The van der Waals surface area contributed by atoms with Crippen LogP contribution < -0.4 is 0 Å². The number of carbonyl (C=O) groups excluding carboxylic acids is 2. The van der Waals surface area contributed by atoms with Gasteiger partial charge in [-0.15, -0.1) is 0 Å². The zero-order valence-electron chi connectivity index (χ0n) is 7.63. The number of amides is 1. The molecule has 1 amide bonds. The van der Waals surface area contributed by atoms with Crippen LogP contribution in [0.2, 0.25) is 0 Å². The molecule has 0 saturated heterocycles. The van der Waals surface area contributed by atoms with Crippen LogP contribution >= 0.6 is 0 Å². The van der Waals surface area contributed by atoms with Gasteiger partial charge in [-0.1, -0.05) is 6.58 Å². The second-order valence-corrected chi connectivity index (χ2v) is 2.51. The molecular formula is C9H13NO2. The molecule has 0 radical (unpaired) electrons. The first-order valence-electron chi connectivity index (χ1n) is 3.57. The minimum absolute atomic E-state index is 0.105. The lowest BCUT2D eigenvalue weighted by molar-refractivity contribution is -0.125. The Hall–Kier alpha value is -1.38. The van der Waals surface area contributed by atoms with Gasteiger partial charge >= 0.3 is 0 Å². The molecule has 0 N–H and O–H groups in total. The largest absolute Gasteiger partial charge is 0.322 e. The summed E-state index contributed by atoms with van der Waals surface area (Å²) in [7, 11) is 1.60. The van der Waals surface area contributed by atoms with Crippen LogP contribution in [0.15, 0.2) is 24.4 Å². The van der Waals surface area contributed by atoms with E-state index < -0.39 is 0 Å². The standard InChI is InChI=1S/C9H13NO2/c1-5-9(12)7(2)6-10(4)8(3)11/h5-6H,1H2,2-4H3/b7-6-. The average molecular weight is 167 g/mol. The Morgan fingerprint density at radius 3 is 2.17 bits per heavy atom. The fourth-order valence-corrected chi connectivity index (χ4v) is 0.606. The summed E-state index contributed by atoms with van der Waals surface area (Å²) in [5.74, 6) is -0.269. The van der Waals surface area contributed by atoms with Crippen LogP contribution in [0.5, 0.6) is 0 Å². The van der Waals surface area contributed by atoms with E-state index in [0.29, 0.717) is 5.57 Å². The summed E-state index contributed by atoms with van der Waals surface area (Å²) in [6.07, 6.45) is 2.71. The molecule has 0 unspecified atom stereocenters. The predicted octanol–water partition coefficient (Wildman–Crippen LogP) is 1.12. The number of hydrogen-bond acceptors (Lipinski definition) is 2. The highest BCUT2D eigenvalue weighted by atomic mass is 16.2. The third kappa shape index (κ3) is 3.14. The Morgan fingerprint density at radius 1 is 1.33 bits per heavy atom. The highest BCUT2D eigenvalue weighted by Gasteiger charge is 2.02. The molecular weight excluding hydrogens is 154 g/mol. The number of carbonyl (C=O) groups is 2. The van der Waals surface area contributed by atoms with E-state index in [9.17, 15) is 9.59 Å². The lowest BCUT2D eigenvalue weighted by Crippen LogP contribution is -2.18. The van der Waals surface area contributed by atoms with Gasteiger partial charge < -0.3 is 4.90 Å². The monoisotopic (exact) mass is 167 g/mol. The van der Waals surface area contributed by atoms with E-state index in [0.717, 1.165) is 0 Å². The van der Waals surface area contributed by atoms with E-state index in [2.05, 4.69) is 6.58 Å². The summed E-state index contributed by atoms with van der Waals surface area (Å²) in [6.45, 7) is 6.42. The van der Waals surface area contributed by atoms with Gasteiger partial charge in [-0.3, -0.25) is 9.59 Å². The van der Waals surface area contributed by atoms with Crippen molar-refractivity contribution in [2.45, 2.75) is 13.8 Å². The van der Waals surface area contributed by atoms with E-state index in [4.69, 9.17) is 0 Å². The van der Waals surface area contributed by atoms with E-state index in [-0.39, 0.29) is 11.7 Å². The molecule has 0 fully saturated rings. The van der Waals surface area contributed by atoms with Crippen molar-refractivity contribution in [1.82, 2.24) is 4.90 Å². The number of allylic oxidation sites excluding steroid dienone is 2. The molecule has 0 aromatic carbocycles. The van der Waals surface area contributed by atoms with Crippen LogP contribution in [0.4, 0.5) is 0 Å². The number of rotatable bonds is 3. The third-order valence-corrected chi connectivity index (χ3v) is 1.46. The molecule has 0 aliphatic rings. The van der Waals surface area contributed by atoms with Crippen molar-refractivity contribution in [3.8, 4) is 0 Å². The lowest BCUT2D eigenvalue weighted by atomic mass is 10.2. The van der Waals surface area contributed by atoms with Gasteiger partial charge in [0.05, 0.1) is 0 Å². The number of nitrogens with zero attached hydrogens (tertiary/aromatic N) is 1. The fourth-order valence-electron chi connectivity index (χ4n) is 0.606. The summed E-state index contributed by atoms with van der Waals surface area (Å²) in [5, 5.41) is 0. The Labute approximate surface area is 72.4 Å². The normalized spacial score (nSPS) is 10.8. The first kappa shape index (κ1) is 10.6. The summed E-state index contributed by atoms with van der Waals surface area (Å²) in [4.78, 5) is 23.0. The van der Waals surface area contributed by atoms with Crippen LogP contribution in [0.1, 0.15) is 13.8 Å². The third-order valence-electron chi connectivity index (χ3n) is 1.46. The van der Waals surface area contributed by atoms with Crippen molar-refractivity contribution < 1.29 is 9.59 Å². The van der Waals surface area contributed by atoms with Gasteiger partial charge in [0.15, 0.2) is 5.78 Å². The van der Waals surface area contributed by atoms with Crippen molar-refractivity contribution in [2.75, 3.05) is 7.05 Å². The molecule has 0 atom stereocenters. The maximum Gasteiger partial charge on any atom is 0.223 e. The molecule has 0 aromatic rings. The summed E-state index contributed by atoms with van der Waals surface area (Å²) < 4.78 is 0. The first-order chi connectivity index (χ1) is 5.49. The number of hydrogen-bond donors (Lipinski definition) is 0. The lowest BCUT2D eigenvalue weighted by Gasteiger charge is -2.08. The van der Waals surface area contributed by atoms with Gasteiger partial charge in [-0.25, -0.2) is 0 Å². The summed E-state index contributed by atoms with van der Waals surface area (Å²) in [5.41, 5.74) is 0.503. The maximum absolute atomic E-state index is 10.9. The molecule has 0 aliphatic heterocycles. The summed E-state index contributed by atoms with van der Waals surface area (Å²) >= 11 is 0. The molecule has 3 heteroatoms. The van der Waals surface area contributed by atoms with Crippen molar-refractivity contribution in [1.29, 1.82) is 0 Å². The molecule has 12 heavy (non-hydrogen) atoms. The maximum atomic E-state index is 10.9. The Balaban J connectivity index is 4.45. The van der Waals surface area contributed by atoms with Gasteiger partial charge in [0.1, 0.15) is 0 Å². The van der Waals surface area contributed by atoms with E-state index in [1.807, 2.05) is 0 Å². The SMILES string of the molecule is C=CC(=O)/C(C)=C\N(C)C(C)=O. The van der Waals surface area contributed by atoms with Crippen LogP contribution in [0.3, 0.4) is 0 Å². The minimum Gasteiger partial charge on any atom is -0.322 e. The van der Waals surface area contributed by atoms with Gasteiger partial charge in [-0.2, -0.15) is 0 Å². The Bertz CT molecular complexity index is 241. The minimum atomic E-state index is -0.164. The smallest absolute Gasteiger partial charge is 0.223 e. The highest BCUT2D eigenvalue weighted by Crippen LogP contribution is 1.98. The first-order valence-corrected chi connectivity index (χ1v) is 3.57. The van der Waals surface area contributed by atoms with Crippen LogP contribution in [-0.4, -0.2) is 23.6 Å². The van der Waals surface area contributed by atoms with Crippen molar-refractivity contribution in [3.63, 3.8) is 0 Å².